The minimum atomic E-state index is -0.0796. The van der Waals surface area contributed by atoms with Gasteiger partial charge < -0.3 is 15.6 Å². The van der Waals surface area contributed by atoms with E-state index in [2.05, 4.69) is 43.0 Å². The van der Waals surface area contributed by atoms with Gasteiger partial charge in [0.15, 0.2) is 0 Å². The van der Waals surface area contributed by atoms with E-state index >= 15 is 0 Å². The number of rotatable bonds is 5. The van der Waals surface area contributed by atoms with Crippen LogP contribution in [0.15, 0.2) is 30.3 Å². The first kappa shape index (κ1) is 15.4. The maximum atomic E-state index is 9.29. The molecule has 3 N–H and O–H groups in total. The summed E-state index contributed by atoms with van der Waals surface area (Å²) in [6, 6.07) is 10.8. The number of ether oxygens (including phenoxy) is 1. The summed E-state index contributed by atoms with van der Waals surface area (Å²) >= 11 is 0. The van der Waals surface area contributed by atoms with Gasteiger partial charge in [0, 0.05) is 31.1 Å². The van der Waals surface area contributed by atoms with E-state index in [9.17, 15) is 5.11 Å². The highest BCUT2D eigenvalue weighted by atomic mass is 16.5. The first-order valence-corrected chi connectivity index (χ1v) is 7.31. The molecule has 3 unspecified atom stereocenters. The van der Waals surface area contributed by atoms with Crippen molar-refractivity contribution < 1.29 is 9.84 Å². The first-order chi connectivity index (χ1) is 9.59. The monoisotopic (exact) mass is 278 g/mol. The standard InChI is InChI=1S/C16H26N2O2/c1-13-10-20-15(9-19)8-18(13)12-16(2,11-17)14-6-4-3-5-7-14/h3-7,13,15,19H,8-12,17H2,1-2H3. The van der Waals surface area contributed by atoms with Crippen molar-refractivity contribution in [2.75, 3.05) is 32.8 Å². The van der Waals surface area contributed by atoms with Gasteiger partial charge in [-0.2, -0.15) is 0 Å². The molecular weight excluding hydrogens is 252 g/mol. The van der Waals surface area contributed by atoms with Crippen molar-refractivity contribution in [3.8, 4) is 0 Å². The van der Waals surface area contributed by atoms with Crippen molar-refractivity contribution in [3.63, 3.8) is 0 Å². The molecule has 20 heavy (non-hydrogen) atoms. The van der Waals surface area contributed by atoms with Crippen LogP contribution in [0.25, 0.3) is 0 Å². The fraction of sp³-hybridized carbons (Fsp3) is 0.625. The lowest BCUT2D eigenvalue weighted by molar-refractivity contribution is -0.0823. The summed E-state index contributed by atoms with van der Waals surface area (Å²) in [5.41, 5.74) is 7.25. The van der Waals surface area contributed by atoms with E-state index in [-0.39, 0.29) is 18.1 Å². The van der Waals surface area contributed by atoms with Gasteiger partial charge >= 0.3 is 0 Å². The van der Waals surface area contributed by atoms with Crippen molar-refractivity contribution in [2.45, 2.75) is 31.4 Å². The summed E-state index contributed by atoms with van der Waals surface area (Å²) in [6.07, 6.45) is -0.0796. The molecule has 1 heterocycles. The van der Waals surface area contributed by atoms with Crippen molar-refractivity contribution in [3.05, 3.63) is 35.9 Å². The average molecular weight is 278 g/mol. The highest BCUT2D eigenvalue weighted by molar-refractivity contribution is 5.25. The third-order valence-electron chi connectivity index (χ3n) is 4.31. The SMILES string of the molecule is CC1COC(CO)CN1CC(C)(CN)c1ccccc1. The smallest absolute Gasteiger partial charge is 0.0933 e. The quantitative estimate of drug-likeness (QED) is 0.843. The number of nitrogens with zero attached hydrogens (tertiary/aromatic N) is 1. The molecule has 1 aromatic carbocycles. The molecule has 0 spiro atoms. The Kier molecular flexibility index (Phi) is 5.16. The maximum Gasteiger partial charge on any atom is 0.0933 e. The van der Waals surface area contributed by atoms with Crippen LogP contribution in [-0.2, 0) is 10.2 Å². The molecule has 0 radical (unpaired) electrons. The molecule has 4 heteroatoms. The number of benzene rings is 1. The van der Waals surface area contributed by atoms with E-state index in [1.165, 1.54) is 5.56 Å². The Bertz CT molecular complexity index is 412. The minimum Gasteiger partial charge on any atom is -0.394 e. The van der Waals surface area contributed by atoms with Crippen molar-refractivity contribution in [1.29, 1.82) is 0 Å². The van der Waals surface area contributed by atoms with Crippen LogP contribution in [-0.4, -0.2) is 55.0 Å². The van der Waals surface area contributed by atoms with Crippen LogP contribution in [0.3, 0.4) is 0 Å². The first-order valence-electron chi connectivity index (χ1n) is 7.31. The lowest BCUT2D eigenvalue weighted by Gasteiger charge is -2.42. The molecule has 1 aliphatic heterocycles. The van der Waals surface area contributed by atoms with E-state index < -0.39 is 0 Å². The number of aliphatic hydroxyl groups is 1. The zero-order chi connectivity index (χ0) is 14.6. The Balaban J connectivity index is 2.12. The van der Waals surface area contributed by atoms with Gasteiger partial charge in [0.1, 0.15) is 0 Å². The van der Waals surface area contributed by atoms with Crippen molar-refractivity contribution in [2.24, 2.45) is 5.73 Å². The Morgan fingerprint density at radius 3 is 2.70 bits per heavy atom. The van der Waals surface area contributed by atoms with Gasteiger partial charge in [-0.05, 0) is 12.5 Å². The van der Waals surface area contributed by atoms with Gasteiger partial charge in [-0.25, -0.2) is 0 Å². The molecule has 0 bridgehead atoms. The Morgan fingerprint density at radius 1 is 1.40 bits per heavy atom. The Hall–Kier alpha value is -0.940. The van der Waals surface area contributed by atoms with Crippen molar-refractivity contribution in [1.82, 2.24) is 4.90 Å². The lowest BCUT2D eigenvalue weighted by atomic mass is 9.81. The molecular formula is C16H26N2O2. The van der Waals surface area contributed by atoms with E-state index in [0.717, 1.165) is 13.1 Å². The second-order valence-corrected chi connectivity index (χ2v) is 6.05. The molecule has 0 saturated carbocycles. The fourth-order valence-electron chi connectivity index (χ4n) is 2.77. The maximum absolute atomic E-state index is 9.29. The highest BCUT2D eigenvalue weighted by Gasteiger charge is 2.33. The van der Waals surface area contributed by atoms with Crippen LogP contribution in [0.5, 0.6) is 0 Å². The summed E-state index contributed by atoms with van der Waals surface area (Å²) in [6.45, 7) is 7.36. The number of morpholine rings is 1. The second-order valence-electron chi connectivity index (χ2n) is 6.05. The van der Waals surface area contributed by atoms with Crippen LogP contribution in [0, 0.1) is 0 Å². The Labute approximate surface area is 121 Å². The normalized spacial score (nSPS) is 27.2. The number of aliphatic hydroxyl groups excluding tert-OH is 1. The van der Waals surface area contributed by atoms with E-state index in [0.29, 0.717) is 19.2 Å². The molecule has 0 aromatic heterocycles. The molecule has 3 atom stereocenters. The molecule has 4 nitrogen and oxygen atoms in total. The van der Waals surface area contributed by atoms with Crippen molar-refractivity contribution >= 4 is 0 Å². The summed E-state index contributed by atoms with van der Waals surface area (Å²) < 4.78 is 5.60. The fourth-order valence-corrected chi connectivity index (χ4v) is 2.77. The lowest BCUT2D eigenvalue weighted by Crippen LogP contribution is -2.54. The Morgan fingerprint density at radius 2 is 2.10 bits per heavy atom. The second kappa shape index (κ2) is 6.68. The minimum absolute atomic E-state index is 0.0765. The molecule has 0 aliphatic carbocycles. The summed E-state index contributed by atoms with van der Waals surface area (Å²) in [5, 5.41) is 9.29. The predicted molar refractivity (Wildman–Crippen MR) is 80.7 cm³/mol. The van der Waals surface area contributed by atoms with Gasteiger partial charge in [-0.15, -0.1) is 0 Å². The molecule has 112 valence electrons. The molecule has 1 aliphatic rings. The summed E-state index contributed by atoms with van der Waals surface area (Å²) in [7, 11) is 0. The van der Waals surface area contributed by atoms with Crippen LogP contribution < -0.4 is 5.73 Å². The van der Waals surface area contributed by atoms with Gasteiger partial charge in [-0.3, -0.25) is 4.90 Å². The molecule has 1 aromatic rings. The molecule has 1 saturated heterocycles. The summed E-state index contributed by atoms with van der Waals surface area (Å²) in [5.74, 6) is 0. The van der Waals surface area contributed by atoms with Gasteiger partial charge in [0.2, 0.25) is 0 Å². The number of hydrogen-bond acceptors (Lipinski definition) is 4. The zero-order valence-electron chi connectivity index (χ0n) is 12.5. The molecule has 1 fully saturated rings. The van der Waals surface area contributed by atoms with Crippen LogP contribution in [0.4, 0.5) is 0 Å². The van der Waals surface area contributed by atoms with E-state index in [1.807, 2.05) is 6.07 Å². The third kappa shape index (κ3) is 3.38. The highest BCUT2D eigenvalue weighted by Crippen LogP contribution is 2.26. The average Bonchev–Trinajstić information content (AvgIpc) is 2.50. The number of nitrogens with two attached hydrogens (primary N) is 1. The zero-order valence-corrected chi connectivity index (χ0v) is 12.5. The summed E-state index contributed by atoms with van der Waals surface area (Å²) in [4.78, 5) is 2.38. The van der Waals surface area contributed by atoms with E-state index in [1.54, 1.807) is 0 Å². The number of hydrogen-bond donors (Lipinski definition) is 2. The largest absolute Gasteiger partial charge is 0.394 e. The topological polar surface area (TPSA) is 58.7 Å². The van der Waals surface area contributed by atoms with Crippen LogP contribution >= 0.6 is 0 Å². The van der Waals surface area contributed by atoms with Gasteiger partial charge in [0.25, 0.3) is 0 Å². The third-order valence-corrected chi connectivity index (χ3v) is 4.31. The predicted octanol–water partition coefficient (Wildman–Crippen LogP) is 0.985. The van der Waals surface area contributed by atoms with Crippen LogP contribution in [0.1, 0.15) is 19.4 Å². The van der Waals surface area contributed by atoms with Gasteiger partial charge in [0.05, 0.1) is 19.3 Å². The van der Waals surface area contributed by atoms with Crippen LogP contribution in [0.2, 0.25) is 0 Å². The molecule has 2 rings (SSSR count). The van der Waals surface area contributed by atoms with E-state index in [4.69, 9.17) is 10.5 Å². The molecule has 0 amide bonds. The van der Waals surface area contributed by atoms with Gasteiger partial charge in [-0.1, -0.05) is 37.3 Å².